The summed E-state index contributed by atoms with van der Waals surface area (Å²) in [6, 6.07) is 0. The molecule has 0 saturated carbocycles. The summed E-state index contributed by atoms with van der Waals surface area (Å²) in [5, 5.41) is 12.7. The Morgan fingerprint density at radius 2 is 1.28 bits per heavy atom. The van der Waals surface area contributed by atoms with Crippen LogP contribution in [-0.2, 0) is 0 Å². The number of hydrogen-bond donors (Lipinski definition) is 2. The zero-order valence-corrected chi connectivity index (χ0v) is 12.7. The van der Waals surface area contributed by atoms with E-state index in [1.54, 1.807) is 0 Å². The van der Waals surface area contributed by atoms with E-state index in [0.717, 1.165) is 19.5 Å². The van der Waals surface area contributed by atoms with Gasteiger partial charge in [-0.25, -0.2) is 0 Å². The van der Waals surface area contributed by atoms with Crippen LogP contribution >= 0.6 is 0 Å². The standard InChI is InChI=1S/C16H35NO/c1-3-5-6-7-8-9-10-11-12-13-14-17-15-16(18)4-2/h16-18H,3-15H2,1-2H3. The van der Waals surface area contributed by atoms with Crippen LogP contribution in [0.3, 0.4) is 0 Å². The van der Waals surface area contributed by atoms with Crippen LogP contribution in [0.25, 0.3) is 0 Å². The van der Waals surface area contributed by atoms with E-state index in [4.69, 9.17) is 0 Å². The second-order valence-electron chi connectivity index (χ2n) is 5.45. The van der Waals surface area contributed by atoms with Gasteiger partial charge in [-0.2, -0.15) is 0 Å². The first kappa shape index (κ1) is 17.9. The molecule has 0 heterocycles. The van der Waals surface area contributed by atoms with Gasteiger partial charge in [0.25, 0.3) is 0 Å². The molecule has 0 aliphatic heterocycles. The molecule has 0 aromatic rings. The van der Waals surface area contributed by atoms with E-state index < -0.39 is 0 Å². The van der Waals surface area contributed by atoms with Crippen molar-refractivity contribution in [2.45, 2.75) is 90.6 Å². The van der Waals surface area contributed by atoms with Crippen molar-refractivity contribution in [3.05, 3.63) is 0 Å². The minimum atomic E-state index is -0.159. The first-order chi connectivity index (χ1) is 8.81. The molecule has 0 spiro atoms. The fourth-order valence-electron chi connectivity index (χ4n) is 2.15. The maximum absolute atomic E-state index is 9.36. The van der Waals surface area contributed by atoms with Gasteiger partial charge in [-0.3, -0.25) is 0 Å². The summed E-state index contributed by atoms with van der Waals surface area (Å²) < 4.78 is 0. The lowest BCUT2D eigenvalue weighted by atomic mass is 10.1. The topological polar surface area (TPSA) is 32.3 Å². The Bertz CT molecular complexity index is 150. The van der Waals surface area contributed by atoms with E-state index in [1.165, 1.54) is 64.2 Å². The summed E-state index contributed by atoms with van der Waals surface area (Å²) >= 11 is 0. The molecule has 1 unspecified atom stereocenters. The molecule has 0 aromatic heterocycles. The van der Waals surface area contributed by atoms with Crippen LogP contribution in [-0.4, -0.2) is 24.3 Å². The molecule has 0 bridgehead atoms. The van der Waals surface area contributed by atoms with Crippen LogP contribution in [0.15, 0.2) is 0 Å². The average Bonchev–Trinajstić information content (AvgIpc) is 2.39. The van der Waals surface area contributed by atoms with Crippen molar-refractivity contribution < 1.29 is 5.11 Å². The Morgan fingerprint density at radius 3 is 1.78 bits per heavy atom. The summed E-state index contributed by atoms with van der Waals surface area (Å²) in [6.07, 6.45) is 14.6. The van der Waals surface area contributed by atoms with Gasteiger partial charge in [-0.15, -0.1) is 0 Å². The molecule has 0 aromatic carbocycles. The smallest absolute Gasteiger partial charge is 0.0662 e. The van der Waals surface area contributed by atoms with Gasteiger partial charge in [0.2, 0.25) is 0 Å². The minimum absolute atomic E-state index is 0.159. The molecule has 0 radical (unpaired) electrons. The molecule has 0 saturated heterocycles. The predicted octanol–water partition coefficient (Wildman–Crippen LogP) is 4.27. The van der Waals surface area contributed by atoms with Crippen LogP contribution < -0.4 is 5.32 Å². The summed E-state index contributed by atoms with van der Waals surface area (Å²) in [7, 11) is 0. The molecule has 18 heavy (non-hydrogen) atoms. The second-order valence-corrected chi connectivity index (χ2v) is 5.45. The Labute approximate surface area is 115 Å². The molecule has 2 N–H and O–H groups in total. The van der Waals surface area contributed by atoms with Gasteiger partial charge in [0.15, 0.2) is 0 Å². The maximum Gasteiger partial charge on any atom is 0.0662 e. The quantitative estimate of drug-likeness (QED) is 0.456. The Balaban J connectivity index is 2.94. The Morgan fingerprint density at radius 1 is 0.778 bits per heavy atom. The van der Waals surface area contributed by atoms with E-state index in [-0.39, 0.29) is 6.10 Å². The minimum Gasteiger partial charge on any atom is -0.392 e. The van der Waals surface area contributed by atoms with Gasteiger partial charge >= 0.3 is 0 Å². The van der Waals surface area contributed by atoms with E-state index in [0.29, 0.717) is 0 Å². The van der Waals surface area contributed by atoms with Crippen molar-refractivity contribution in [1.82, 2.24) is 5.32 Å². The van der Waals surface area contributed by atoms with Crippen LogP contribution in [0.2, 0.25) is 0 Å². The Hall–Kier alpha value is -0.0800. The van der Waals surface area contributed by atoms with Crippen LogP contribution in [0.5, 0.6) is 0 Å². The number of rotatable bonds is 14. The van der Waals surface area contributed by atoms with Crippen LogP contribution in [0.1, 0.15) is 84.5 Å². The third-order valence-corrected chi connectivity index (χ3v) is 3.56. The van der Waals surface area contributed by atoms with E-state index >= 15 is 0 Å². The first-order valence-corrected chi connectivity index (χ1v) is 8.20. The highest BCUT2D eigenvalue weighted by atomic mass is 16.3. The normalized spacial score (nSPS) is 12.8. The van der Waals surface area contributed by atoms with Gasteiger partial charge in [-0.05, 0) is 19.4 Å². The highest BCUT2D eigenvalue weighted by Crippen LogP contribution is 2.10. The van der Waals surface area contributed by atoms with Crippen LogP contribution in [0, 0.1) is 0 Å². The molecule has 1 atom stereocenters. The monoisotopic (exact) mass is 257 g/mol. The lowest BCUT2D eigenvalue weighted by Crippen LogP contribution is -2.26. The Kier molecular flexibility index (Phi) is 14.9. The highest BCUT2D eigenvalue weighted by Gasteiger charge is 1.98. The zero-order chi connectivity index (χ0) is 13.5. The lowest BCUT2D eigenvalue weighted by molar-refractivity contribution is 0.167. The van der Waals surface area contributed by atoms with Gasteiger partial charge in [0.05, 0.1) is 6.10 Å². The number of nitrogens with one attached hydrogen (secondary N) is 1. The predicted molar refractivity (Wildman–Crippen MR) is 81.0 cm³/mol. The molecule has 0 amide bonds. The van der Waals surface area contributed by atoms with E-state index in [2.05, 4.69) is 12.2 Å². The number of aliphatic hydroxyl groups is 1. The molecular formula is C16H35NO. The largest absolute Gasteiger partial charge is 0.392 e. The summed E-state index contributed by atoms with van der Waals surface area (Å²) in [5.74, 6) is 0. The van der Waals surface area contributed by atoms with Gasteiger partial charge in [-0.1, -0.05) is 71.6 Å². The fourth-order valence-corrected chi connectivity index (χ4v) is 2.15. The third-order valence-electron chi connectivity index (χ3n) is 3.56. The zero-order valence-electron chi connectivity index (χ0n) is 12.7. The molecular weight excluding hydrogens is 222 g/mol. The fraction of sp³-hybridized carbons (Fsp3) is 1.00. The third kappa shape index (κ3) is 14.0. The van der Waals surface area contributed by atoms with E-state index in [1.807, 2.05) is 6.92 Å². The van der Waals surface area contributed by atoms with E-state index in [9.17, 15) is 5.11 Å². The first-order valence-electron chi connectivity index (χ1n) is 8.20. The van der Waals surface area contributed by atoms with Crippen molar-refractivity contribution in [2.75, 3.05) is 13.1 Å². The second kappa shape index (κ2) is 15.0. The average molecular weight is 257 g/mol. The van der Waals surface area contributed by atoms with Gasteiger partial charge in [0.1, 0.15) is 0 Å². The van der Waals surface area contributed by atoms with Crippen molar-refractivity contribution in [1.29, 1.82) is 0 Å². The van der Waals surface area contributed by atoms with Crippen molar-refractivity contribution in [2.24, 2.45) is 0 Å². The highest BCUT2D eigenvalue weighted by molar-refractivity contribution is 4.57. The molecule has 0 aliphatic rings. The summed E-state index contributed by atoms with van der Waals surface area (Å²) in [6.45, 7) is 6.11. The molecule has 0 rings (SSSR count). The number of hydrogen-bond acceptors (Lipinski definition) is 2. The SMILES string of the molecule is CCCCCCCCCCCCNCC(O)CC. The molecule has 110 valence electrons. The summed E-state index contributed by atoms with van der Waals surface area (Å²) in [4.78, 5) is 0. The molecule has 0 fully saturated rings. The summed E-state index contributed by atoms with van der Waals surface area (Å²) in [5.41, 5.74) is 0. The molecule has 2 heteroatoms. The van der Waals surface area contributed by atoms with Crippen LogP contribution in [0.4, 0.5) is 0 Å². The van der Waals surface area contributed by atoms with Gasteiger partial charge < -0.3 is 10.4 Å². The van der Waals surface area contributed by atoms with Crippen molar-refractivity contribution >= 4 is 0 Å². The van der Waals surface area contributed by atoms with Crippen molar-refractivity contribution in [3.63, 3.8) is 0 Å². The molecule has 2 nitrogen and oxygen atoms in total. The number of unbranched alkanes of at least 4 members (excludes halogenated alkanes) is 9. The van der Waals surface area contributed by atoms with Gasteiger partial charge in [0, 0.05) is 6.54 Å². The molecule has 0 aliphatic carbocycles. The number of aliphatic hydroxyl groups excluding tert-OH is 1. The lowest BCUT2D eigenvalue weighted by Gasteiger charge is -2.08. The maximum atomic E-state index is 9.36. The van der Waals surface area contributed by atoms with Crippen molar-refractivity contribution in [3.8, 4) is 0 Å².